The Kier molecular flexibility index (Phi) is 3.97. The molecule has 2 aliphatic rings. The van der Waals surface area contributed by atoms with Gasteiger partial charge in [0.1, 0.15) is 11.1 Å². The van der Waals surface area contributed by atoms with E-state index in [4.69, 9.17) is 9.72 Å². The standard InChI is InChI=1S/C21H24N6O2/c1-4-18(28)24-15-7-21(2,8-15)29-20-19-16(13-5-6-13)10-23-27(19)12-17(25-20)14-9-22-26(3)11-14/h4,9-13,15H,1,5-8H2,2-3H3,(H,24,28). The zero-order valence-electron chi connectivity index (χ0n) is 16.6. The summed E-state index contributed by atoms with van der Waals surface area (Å²) in [5.41, 5.74) is 3.44. The fraction of sp³-hybridized carbons (Fsp3) is 0.429. The molecular formula is C21H24N6O2. The van der Waals surface area contributed by atoms with E-state index in [0.717, 1.165) is 29.6 Å². The summed E-state index contributed by atoms with van der Waals surface area (Å²) in [5, 5.41) is 11.8. The van der Waals surface area contributed by atoms with Gasteiger partial charge in [-0.1, -0.05) is 6.58 Å². The topological polar surface area (TPSA) is 86.3 Å². The van der Waals surface area contributed by atoms with Crippen LogP contribution in [0.4, 0.5) is 0 Å². The number of ether oxygens (including phenoxy) is 1. The molecule has 5 rings (SSSR count). The van der Waals surface area contributed by atoms with Gasteiger partial charge in [-0.25, -0.2) is 9.50 Å². The van der Waals surface area contributed by atoms with Gasteiger partial charge in [-0.05, 0) is 31.8 Å². The van der Waals surface area contributed by atoms with E-state index in [1.807, 2.05) is 30.2 Å². The summed E-state index contributed by atoms with van der Waals surface area (Å²) in [6.07, 6.45) is 12.7. The number of fused-ring (bicyclic) bond motifs is 1. The molecule has 150 valence electrons. The average molecular weight is 392 g/mol. The molecule has 0 saturated heterocycles. The number of aryl methyl sites for hydroxylation is 1. The highest BCUT2D eigenvalue weighted by Crippen LogP contribution is 2.45. The van der Waals surface area contributed by atoms with Crippen LogP contribution >= 0.6 is 0 Å². The number of carbonyl (C=O) groups is 1. The lowest BCUT2D eigenvalue weighted by Gasteiger charge is -2.44. The molecule has 29 heavy (non-hydrogen) atoms. The average Bonchev–Trinajstić information content (AvgIpc) is 3.27. The first-order valence-electron chi connectivity index (χ1n) is 9.93. The van der Waals surface area contributed by atoms with Crippen molar-refractivity contribution in [3.8, 4) is 17.1 Å². The van der Waals surface area contributed by atoms with Gasteiger partial charge in [0, 0.05) is 43.3 Å². The molecule has 0 aliphatic heterocycles. The van der Waals surface area contributed by atoms with Gasteiger partial charge in [-0.3, -0.25) is 9.48 Å². The number of rotatable bonds is 6. The predicted molar refractivity (Wildman–Crippen MR) is 108 cm³/mol. The number of hydrogen-bond acceptors (Lipinski definition) is 5. The third kappa shape index (κ3) is 3.28. The van der Waals surface area contributed by atoms with Crippen molar-refractivity contribution in [3.63, 3.8) is 0 Å². The molecule has 8 heteroatoms. The third-order valence-electron chi connectivity index (χ3n) is 5.74. The monoisotopic (exact) mass is 392 g/mol. The maximum absolute atomic E-state index is 11.6. The molecule has 0 atom stereocenters. The number of amides is 1. The summed E-state index contributed by atoms with van der Waals surface area (Å²) in [4.78, 5) is 16.4. The second-order valence-electron chi connectivity index (χ2n) is 8.37. The second-order valence-corrected chi connectivity index (χ2v) is 8.37. The molecule has 1 N–H and O–H groups in total. The van der Waals surface area contributed by atoms with Crippen molar-refractivity contribution in [1.82, 2.24) is 29.7 Å². The van der Waals surface area contributed by atoms with Gasteiger partial charge in [0.25, 0.3) is 0 Å². The number of nitrogens with one attached hydrogen (secondary N) is 1. The van der Waals surface area contributed by atoms with Crippen molar-refractivity contribution < 1.29 is 9.53 Å². The fourth-order valence-electron chi connectivity index (χ4n) is 4.12. The van der Waals surface area contributed by atoms with Gasteiger partial charge in [0.2, 0.25) is 11.8 Å². The lowest BCUT2D eigenvalue weighted by Crippen LogP contribution is -2.56. The largest absolute Gasteiger partial charge is 0.470 e. The van der Waals surface area contributed by atoms with Crippen LogP contribution in [0.1, 0.15) is 44.1 Å². The van der Waals surface area contributed by atoms with E-state index < -0.39 is 0 Å². The molecule has 3 aromatic heterocycles. The lowest BCUT2D eigenvalue weighted by atomic mass is 9.77. The molecule has 8 nitrogen and oxygen atoms in total. The maximum Gasteiger partial charge on any atom is 0.243 e. The van der Waals surface area contributed by atoms with Crippen LogP contribution in [0.15, 0.2) is 37.4 Å². The van der Waals surface area contributed by atoms with E-state index in [1.165, 1.54) is 24.5 Å². The van der Waals surface area contributed by atoms with E-state index in [1.54, 1.807) is 10.9 Å². The molecular weight excluding hydrogens is 368 g/mol. The highest BCUT2D eigenvalue weighted by atomic mass is 16.5. The zero-order valence-corrected chi connectivity index (χ0v) is 16.6. The van der Waals surface area contributed by atoms with Gasteiger partial charge in [0.15, 0.2) is 0 Å². The zero-order chi connectivity index (χ0) is 20.2. The van der Waals surface area contributed by atoms with Crippen LogP contribution in [0.25, 0.3) is 16.8 Å². The molecule has 0 spiro atoms. The summed E-state index contributed by atoms with van der Waals surface area (Å²) in [6, 6.07) is 0.0934. The van der Waals surface area contributed by atoms with Crippen LogP contribution in [0.5, 0.6) is 5.88 Å². The SMILES string of the molecule is C=CC(=O)NC1CC(C)(Oc2nc(-c3cnn(C)c3)cn3ncc(C4CC4)c23)C1. The first kappa shape index (κ1) is 17.9. The molecule has 0 radical (unpaired) electrons. The lowest BCUT2D eigenvalue weighted by molar-refractivity contribution is -0.119. The van der Waals surface area contributed by atoms with Crippen LogP contribution in [-0.2, 0) is 11.8 Å². The van der Waals surface area contributed by atoms with Gasteiger partial charge in [0.05, 0.1) is 24.3 Å². The molecule has 0 aromatic carbocycles. The van der Waals surface area contributed by atoms with Gasteiger partial charge >= 0.3 is 0 Å². The number of nitrogens with zero attached hydrogens (tertiary/aromatic N) is 5. The fourth-order valence-corrected chi connectivity index (χ4v) is 4.12. The summed E-state index contributed by atoms with van der Waals surface area (Å²) in [7, 11) is 1.88. The first-order chi connectivity index (χ1) is 13.9. The highest BCUT2D eigenvalue weighted by Gasteiger charge is 2.44. The Bertz CT molecular complexity index is 1100. The van der Waals surface area contributed by atoms with Gasteiger partial charge in [-0.2, -0.15) is 10.2 Å². The minimum Gasteiger partial charge on any atom is -0.470 e. The minimum absolute atomic E-state index is 0.0934. The molecule has 2 saturated carbocycles. The number of hydrogen-bond donors (Lipinski definition) is 1. The molecule has 0 bridgehead atoms. The van der Waals surface area contributed by atoms with Crippen molar-refractivity contribution in [3.05, 3.63) is 43.0 Å². The molecule has 3 aromatic rings. The number of aromatic nitrogens is 5. The van der Waals surface area contributed by atoms with E-state index >= 15 is 0 Å². The number of carbonyl (C=O) groups excluding carboxylic acids is 1. The van der Waals surface area contributed by atoms with Gasteiger partial charge < -0.3 is 10.1 Å². The van der Waals surface area contributed by atoms with Crippen molar-refractivity contribution >= 4 is 11.4 Å². The van der Waals surface area contributed by atoms with Crippen molar-refractivity contribution in [2.24, 2.45) is 7.05 Å². The molecule has 1 amide bonds. The Hall–Kier alpha value is -3.16. The first-order valence-corrected chi connectivity index (χ1v) is 9.93. The summed E-state index contributed by atoms with van der Waals surface area (Å²) >= 11 is 0. The van der Waals surface area contributed by atoms with Crippen LogP contribution in [0.2, 0.25) is 0 Å². The Morgan fingerprint density at radius 1 is 1.31 bits per heavy atom. The molecule has 3 heterocycles. The Morgan fingerprint density at radius 3 is 2.76 bits per heavy atom. The van der Waals surface area contributed by atoms with Crippen molar-refractivity contribution in [1.29, 1.82) is 0 Å². The van der Waals surface area contributed by atoms with E-state index in [9.17, 15) is 4.79 Å². The molecule has 0 unspecified atom stereocenters. The Balaban J connectivity index is 1.49. The highest BCUT2D eigenvalue weighted by molar-refractivity contribution is 5.87. The summed E-state index contributed by atoms with van der Waals surface area (Å²) in [5.74, 6) is 0.986. The molecule has 2 fully saturated rings. The third-order valence-corrected chi connectivity index (χ3v) is 5.74. The van der Waals surface area contributed by atoms with E-state index in [2.05, 4.69) is 29.0 Å². The Morgan fingerprint density at radius 2 is 2.10 bits per heavy atom. The summed E-state index contributed by atoms with van der Waals surface area (Å²) in [6.45, 7) is 5.57. The summed E-state index contributed by atoms with van der Waals surface area (Å²) < 4.78 is 10.1. The maximum atomic E-state index is 11.6. The normalized spacial score (nSPS) is 23.6. The van der Waals surface area contributed by atoms with Crippen LogP contribution in [-0.4, -0.2) is 41.9 Å². The van der Waals surface area contributed by atoms with Gasteiger partial charge in [-0.15, -0.1) is 0 Å². The quantitative estimate of drug-likeness (QED) is 0.652. The molecule has 2 aliphatic carbocycles. The van der Waals surface area contributed by atoms with Crippen LogP contribution in [0, 0.1) is 0 Å². The smallest absolute Gasteiger partial charge is 0.243 e. The Labute approximate surface area is 168 Å². The van der Waals surface area contributed by atoms with Crippen molar-refractivity contribution in [2.45, 2.75) is 50.2 Å². The van der Waals surface area contributed by atoms with E-state index in [0.29, 0.717) is 11.8 Å². The van der Waals surface area contributed by atoms with Crippen molar-refractivity contribution in [2.75, 3.05) is 0 Å². The second kappa shape index (κ2) is 6.43. The van der Waals surface area contributed by atoms with Crippen LogP contribution in [0.3, 0.4) is 0 Å². The van der Waals surface area contributed by atoms with Crippen LogP contribution < -0.4 is 10.1 Å². The van der Waals surface area contributed by atoms with E-state index in [-0.39, 0.29) is 17.6 Å². The predicted octanol–water partition coefficient (Wildman–Crippen LogP) is 2.61. The minimum atomic E-state index is -0.384.